The molecule has 3 rings (SSSR count). The number of likely N-dealkylation sites (tertiary alicyclic amines) is 1. The van der Waals surface area contributed by atoms with Gasteiger partial charge in [0.25, 0.3) is 0 Å². The van der Waals surface area contributed by atoms with Crippen molar-refractivity contribution in [2.75, 3.05) is 19.7 Å². The second-order valence-electron chi connectivity index (χ2n) is 6.16. The van der Waals surface area contributed by atoms with Gasteiger partial charge < -0.3 is 14.3 Å². The van der Waals surface area contributed by atoms with Crippen LogP contribution >= 0.6 is 11.6 Å². The van der Waals surface area contributed by atoms with Crippen molar-refractivity contribution in [2.24, 2.45) is 5.92 Å². The number of phenolic OH excluding ortho intramolecular Hbond substituents is 1. The molecule has 1 aromatic carbocycles. The van der Waals surface area contributed by atoms with E-state index in [0.717, 1.165) is 0 Å². The molecule has 1 aliphatic heterocycles. The smallest absolute Gasteiger partial charge is 0.309 e. The number of hydrogen-bond donors (Lipinski definition) is 1. The first-order valence-corrected chi connectivity index (χ1v) is 8.70. The quantitative estimate of drug-likeness (QED) is 0.839. The number of hydrogen-bond acceptors (Lipinski definition) is 6. The molecule has 25 heavy (non-hydrogen) atoms. The number of rotatable bonds is 4. The van der Waals surface area contributed by atoms with E-state index in [1.807, 2.05) is 0 Å². The lowest BCUT2D eigenvalue weighted by atomic mass is 9.96. The van der Waals surface area contributed by atoms with Crippen LogP contribution in [-0.4, -0.2) is 35.7 Å². The van der Waals surface area contributed by atoms with Crippen LogP contribution in [0.2, 0.25) is 5.02 Å². The first-order chi connectivity index (χ1) is 12.0. The molecule has 0 saturated carbocycles. The molecule has 1 saturated heterocycles. The van der Waals surface area contributed by atoms with Gasteiger partial charge in [-0.1, -0.05) is 11.6 Å². The third kappa shape index (κ3) is 3.65. The highest BCUT2D eigenvalue weighted by molar-refractivity contribution is 6.30. The summed E-state index contributed by atoms with van der Waals surface area (Å²) in [7, 11) is 0. The van der Waals surface area contributed by atoms with Gasteiger partial charge in [0.15, 0.2) is 0 Å². The van der Waals surface area contributed by atoms with E-state index in [1.54, 1.807) is 6.92 Å². The number of aromatic hydroxyl groups is 1. The number of benzene rings is 1. The van der Waals surface area contributed by atoms with Crippen molar-refractivity contribution in [1.29, 1.82) is 0 Å². The zero-order valence-electron chi connectivity index (χ0n) is 14.0. The topological polar surface area (TPSA) is 80.0 Å². The Labute approximate surface area is 149 Å². The summed E-state index contributed by atoms with van der Waals surface area (Å²) in [5.74, 6) is -0.143. The number of halogens is 1. The van der Waals surface area contributed by atoms with Crippen LogP contribution in [0.3, 0.4) is 0 Å². The molecule has 6 nitrogen and oxygen atoms in total. The maximum absolute atomic E-state index is 12.1. The van der Waals surface area contributed by atoms with Crippen molar-refractivity contribution in [3.05, 3.63) is 39.2 Å². The van der Waals surface area contributed by atoms with Gasteiger partial charge in [0, 0.05) is 6.54 Å². The van der Waals surface area contributed by atoms with Gasteiger partial charge in [0.05, 0.1) is 23.5 Å². The number of esters is 1. The number of carbonyl (C=O) groups excluding carboxylic acids is 1. The van der Waals surface area contributed by atoms with E-state index in [2.05, 4.69) is 4.90 Å². The van der Waals surface area contributed by atoms with Crippen molar-refractivity contribution < 1.29 is 19.1 Å². The lowest BCUT2D eigenvalue weighted by Crippen LogP contribution is -2.36. The van der Waals surface area contributed by atoms with Gasteiger partial charge in [0.1, 0.15) is 22.6 Å². The number of piperidine rings is 1. The van der Waals surface area contributed by atoms with Crippen LogP contribution in [0, 0.1) is 5.92 Å². The zero-order valence-corrected chi connectivity index (χ0v) is 14.7. The van der Waals surface area contributed by atoms with Crippen molar-refractivity contribution in [1.82, 2.24) is 4.90 Å². The first kappa shape index (κ1) is 17.8. The van der Waals surface area contributed by atoms with Gasteiger partial charge in [-0.05, 0) is 45.0 Å². The van der Waals surface area contributed by atoms with E-state index in [9.17, 15) is 14.7 Å². The molecule has 7 heteroatoms. The fourth-order valence-corrected chi connectivity index (χ4v) is 3.33. The second kappa shape index (κ2) is 7.45. The predicted molar refractivity (Wildman–Crippen MR) is 93.8 cm³/mol. The summed E-state index contributed by atoms with van der Waals surface area (Å²) in [4.78, 5) is 26.1. The minimum Gasteiger partial charge on any atom is -0.507 e. The Morgan fingerprint density at radius 3 is 2.80 bits per heavy atom. The Hall–Kier alpha value is -2.05. The standard InChI is InChI=1S/C18H20ClNO5/c1-2-24-18(23)11-5-7-20(8-6-11)9-13-15(21)4-3-12-16(22)14(19)10-25-17(12)13/h3-4,10-11,21H,2,5-9H2,1H3. The molecule has 134 valence electrons. The van der Waals surface area contributed by atoms with Gasteiger partial charge in [-0.25, -0.2) is 0 Å². The lowest BCUT2D eigenvalue weighted by Gasteiger charge is -2.31. The molecule has 0 atom stereocenters. The first-order valence-electron chi connectivity index (χ1n) is 8.32. The molecule has 0 radical (unpaired) electrons. The largest absolute Gasteiger partial charge is 0.507 e. The second-order valence-corrected chi connectivity index (χ2v) is 6.56. The Bertz CT molecular complexity index is 839. The highest BCUT2D eigenvalue weighted by Gasteiger charge is 2.27. The van der Waals surface area contributed by atoms with Crippen LogP contribution in [0.5, 0.6) is 5.75 Å². The number of nitrogens with zero attached hydrogens (tertiary/aromatic N) is 1. The summed E-state index contributed by atoms with van der Waals surface area (Å²) < 4.78 is 10.6. The summed E-state index contributed by atoms with van der Waals surface area (Å²) in [5.41, 5.74) is 0.591. The molecular weight excluding hydrogens is 346 g/mol. The molecule has 0 amide bonds. The minimum absolute atomic E-state index is 0.0133. The SMILES string of the molecule is CCOC(=O)C1CCN(Cc2c(O)ccc3c(=O)c(Cl)coc23)CC1. The number of ether oxygens (including phenoxy) is 1. The van der Waals surface area contributed by atoms with E-state index in [-0.39, 0.29) is 28.1 Å². The Kier molecular flexibility index (Phi) is 5.30. The van der Waals surface area contributed by atoms with Crippen molar-refractivity contribution in [2.45, 2.75) is 26.3 Å². The predicted octanol–water partition coefficient (Wildman–Crippen LogP) is 2.93. The average Bonchev–Trinajstić information content (AvgIpc) is 2.61. The zero-order chi connectivity index (χ0) is 18.0. The maximum Gasteiger partial charge on any atom is 0.309 e. The van der Waals surface area contributed by atoms with Crippen LogP contribution in [0.1, 0.15) is 25.3 Å². The van der Waals surface area contributed by atoms with Gasteiger partial charge >= 0.3 is 5.97 Å². The minimum atomic E-state index is -0.315. The van der Waals surface area contributed by atoms with Crippen LogP contribution in [0.15, 0.2) is 27.6 Å². The van der Waals surface area contributed by atoms with E-state index in [1.165, 1.54) is 18.4 Å². The van der Waals surface area contributed by atoms with E-state index in [4.69, 9.17) is 20.8 Å². The lowest BCUT2D eigenvalue weighted by molar-refractivity contribution is -0.149. The Balaban J connectivity index is 1.78. The molecular formula is C18H20ClNO5. The molecule has 2 heterocycles. The number of fused-ring (bicyclic) bond motifs is 1. The molecule has 0 aliphatic carbocycles. The fourth-order valence-electron chi connectivity index (χ4n) is 3.19. The van der Waals surface area contributed by atoms with Crippen LogP contribution in [0.25, 0.3) is 11.0 Å². The third-order valence-electron chi connectivity index (χ3n) is 4.57. The Morgan fingerprint density at radius 1 is 1.40 bits per heavy atom. The summed E-state index contributed by atoms with van der Waals surface area (Å²) in [6, 6.07) is 3.00. The van der Waals surface area contributed by atoms with Gasteiger partial charge in [-0.3, -0.25) is 14.5 Å². The number of phenols is 1. The molecule has 2 aromatic rings. The molecule has 1 aromatic heterocycles. The summed E-state index contributed by atoms with van der Waals surface area (Å²) >= 11 is 5.82. The molecule has 0 bridgehead atoms. The number of carbonyl (C=O) groups is 1. The van der Waals surface area contributed by atoms with Crippen molar-refractivity contribution >= 4 is 28.5 Å². The average molecular weight is 366 g/mol. The summed E-state index contributed by atoms with van der Waals surface area (Å²) in [6.07, 6.45) is 2.61. The summed E-state index contributed by atoms with van der Waals surface area (Å²) in [6.45, 7) is 4.04. The molecule has 1 N–H and O–H groups in total. The molecule has 1 fully saturated rings. The van der Waals surface area contributed by atoms with Crippen molar-refractivity contribution in [3.8, 4) is 5.75 Å². The van der Waals surface area contributed by atoms with Gasteiger partial charge in [0.2, 0.25) is 5.43 Å². The van der Waals surface area contributed by atoms with Crippen molar-refractivity contribution in [3.63, 3.8) is 0 Å². The van der Waals surface area contributed by atoms with Crippen LogP contribution in [-0.2, 0) is 16.1 Å². The third-order valence-corrected chi connectivity index (χ3v) is 4.83. The van der Waals surface area contributed by atoms with Crippen LogP contribution < -0.4 is 5.43 Å². The van der Waals surface area contributed by atoms with E-state index in [0.29, 0.717) is 55.6 Å². The monoisotopic (exact) mass is 365 g/mol. The van der Waals surface area contributed by atoms with E-state index >= 15 is 0 Å². The molecule has 1 aliphatic rings. The van der Waals surface area contributed by atoms with Gasteiger partial charge in [-0.15, -0.1) is 0 Å². The van der Waals surface area contributed by atoms with E-state index < -0.39 is 0 Å². The maximum atomic E-state index is 12.1. The van der Waals surface area contributed by atoms with Gasteiger partial charge in [-0.2, -0.15) is 0 Å². The van der Waals surface area contributed by atoms with Crippen LogP contribution in [0.4, 0.5) is 0 Å². The highest BCUT2D eigenvalue weighted by atomic mass is 35.5. The highest BCUT2D eigenvalue weighted by Crippen LogP contribution is 2.29. The normalized spacial score (nSPS) is 16.2. The molecule has 0 spiro atoms. The summed E-state index contributed by atoms with van der Waals surface area (Å²) in [5, 5.41) is 10.6. The fraction of sp³-hybridized carbons (Fsp3) is 0.444. The Morgan fingerprint density at radius 2 is 2.12 bits per heavy atom. The molecule has 0 unspecified atom stereocenters.